The number of carbonyl (C=O) groups is 1. The summed E-state index contributed by atoms with van der Waals surface area (Å²) in [5.74, 6) is -1.12. The van der Waals surface area contributed by atoms with Gasteiger partial charge < -0.3 is 5.11 Å². The van der Waals surface area contributed by atoms with Crippen LogP contribution >= 0.6 is 11.3 Å². The van der Waals surface area contributed by atoms with Crippen molar-refractivity contribution in [1.82, 2.24) is 14.5 Å². The molecule has 0 aliphatic heterocycles. The Morgan fingerprint density at radius 3 is 2.75 bits per heavy atom. The lowest BCUT2D eigenvalue weighted by Gasteiger charge is -2.04. The second-order valence-electron chi connectivity index (χ2n) is 4.15. The minimum Gasteiger partial charge on any atom is -0.477 e. The Bertz CT molecular complexity index is 746. The van der Waals surface area contributed by atoms with Crippen molar-refractivity contribution in [2.75, 3.05) is 0 Å². The number of thiophene rings is 1. The summed E-state index contributed by atoms with van der Waals surface area (Å²) in [5.41, 5.74) is 1.14. The minimum atomic E-state index is -3.72. The third-order valence-electron chi connectivity index (χ3n) is 2.72. The molecule has 20 heavy (non-hydrogen) atoms. The van der Waals surface area contributed by atoms with Crippen LogP contribution in [0, 0.1) is 6.92 Å². The largest absolute Gasteiger partial charge is 0.477 e. The predicted octanol–water partition coefficient (Wildman–Crippen LogP) is 0.967. The Morgan fingerprint density at radius 2 is 2.25 bits per heavy atom. The van der Waals surface area contributed by atoms with E-state index >= 15 is 0 Å². The second kappa shape index (κ2) is 5.35. The molecule has 0 saturated heterocycles. The van der Waals surface area contributed by atoms with Crippen molar-refractivity contribution >= 4 is 27.3 Å². The van der Waals surface area contributed by atoms with Gasteiger partial charge in [0.25, 0.3) is 0 Å². The van der Waals surface area contributed by atoms with Gasteiger partial charge in [-0.1, -0.05) is 0 Å². The number of aromatic carboxylic acids is 1. The molecular formula is C11H13N3O4S2. The fraction of sp³-hybridized carbons (Fsp3) is 0.273. The number of nitrogens with one attached hydrogen (secondary N) is 1. The maximum atomic E-state index is 12.1. The summed E-state index contributed by atoms with van der Waals surface area (Å²) in [6.07, 6.45) is 1.57. The van der Waals surface area contributed by atoms with Crippen molar-refractivity contribution in [2.45, 2.75) is 17.7 Å². The standard InChI is InChI=1S/C11H13N3O4S2/c1-7-5-9(19-10(7)11(15)16)20(17,18)13-6-8-3-4-12-14(8)2/h3-5,13H,6H2,1-2H3,(H,15,16). The van der Waals surface area contributed by atoms with E-state index in [2.05, 4.69) is 9.82 Å². The van der Waals surface area contributed by atoms with Gasteiger partial charge in [-0.3, -0.25) is 4.68 Å². The van der Waals surface area contributed by atoms with Gasteiger partial charge in [0.2, 0.25) is 10.0 Å². The zero-order valence-electron chi connectivity index (χ0n) is 10.8. The lowest BCUT2D eigenvalue weighted by molar-refractivity contribution is 0.0701. The molecule has 2 aromatic heterocycles. The molecule has 2 N–H and O–H groups in total. The first-order chi connectivity index (χ1) is 9.31. The Morgan fingerprint density at radius 1 is 1.55 bits per heavy atom. The van der Waals surface area contributed by atoms with Crippen LogP contribution in [0.25, 0.3) is 0 Å². The predicted molar refractivity (Wildman–Crippen MR) is 73.2 cm³/mol. The molecule has 0 atom stereocenters. The fourth-order valence-corrected chi connectivity index (χ4v) is 4.03. The number of sulfonamides is 1. The molecule has 0 aromatic carbocycles. The van der Waals surface area contributed by atoms with Gasteiger partial charge in [-0.2, -0.15) is 5.10 Å². The van der Waals surface area contributed by atoms with Crippen molar-refractivity contribution in [2.24, 2.45) is 7.05 Å². The number of nitrogens with zero attached hydrogens (tertiary/aromatic N) is 2. The average molecular weight is 315 g/mol. The molecule has 0 radical (unpaired) electrons. The second-order valence-corrected chi connectivity index (χ2v) is 7.20. The topological polar surface area (TPSA) is 101 Å². The summed E-state index contributed by atoms with van der Waals surface area (Å²) in [5, 5.41) is 12.9. The number of hydrogen-bond acceptors (Lipinski definition) is 5. The smallest absolute Gasteiger partial charge is 0.346 e. The van der Waals surface area contributed by atoms with E-state index in [1.807, 2.05) is 0 Å². The van der Waals surface area contributed by atoms with Crippen LogP contribution in [0.15, 0.2) is 22.5 Å². The summed E-state index contributed by atoms with van der Waals surface area (Å²) >= 11 is 0.744. The zero-order chi connectivity index (χ0) is 14.9. The van der Waals surface area contributed by atoms with Crippen molar-refractivity contribution in [3.8, 4) is 0 Å². The Kier molecular flexibility index (Phi) is 3.93. The van der Waals surface area contributed by atoms with E-state index in [9.17, 15) is 13.2 Å². The molecule has 0 amide bonds. The molecule has 0 bridgehead atoms. The van der Waals surface area contributed by atoms with Crippen molar-refractivity contribution < 1.29 is 18.3 Å². The maximum Gasteiger partial charge on any atom is 0.346 e. The van der Waals surface area contributed by atoms with Crippen LogP contribution in [0.1, 0.15) is 20.9 Å². The van der Waals surface area contributed by atoms with E-state index < -0.39 is 16.0 Å². The number of aryl methyl sites for hydroxylation is 2. The van der Waals surface area contributed by atoms with E-state index in [4.69, 9.17) is 5.11 Å². The van der Waals surface area contributed by atoms with Gasteiger partial charge in [0.15, 0.2) is 0 Å². The van der Waals surface area contributed by atoms with Gasteiger partial charge in [0.05, 0.1) is 12.2 Å². The van der Waals surface area contributed by atoms with Crippen LogP contribution in [-0.2, 0) is 23.6 Å². The van der Waals surface area contributed by atoms with Crippen molar-refractivity contribution in [3.05, 3.63) is 34.5 Å². The monoisotopic (exact) mass is 315 g/mol. The molecule has 0 spiro atoms. The Hall–Kier alpha value is -1.71. The highest BCUT2D eigenvalue weighted by atomic mass is 32.2. The SMILES string of the molecule is Cc1cc(S(=O)(=O)NCc2ccnn2C)sc1C(=O)O. The lowest BCUT2D eigenvalue weighted by atomic mass is 10.3. The van der Waals surface area contributed by atoms with E-state index in [0.29, 0.717) is 11.3 Å². The molecule has 2 rings (SSSR count). The summed E-state index contributed by atoms with van der Waals surface area (Å²) in [6.45, 7) is 1.66. The quantitative estimate of drug-likeness (QED) is 0.856. The van der Waals surface area contributed by atoms with Crippen LogP contribution in [0.4, 0.5) is 0 Å². The third kappa shape index (κ3) is 2.89. The Balaban J connectivity index is 2.20. The summed E-state index contributed by atoms with van der Waals surface area (Å²) in [4.78, 5) is 11.0. The minimum absolute atomic E-state index is 0.00503. The number of carboxylic acids is 1. The van der Waals surface area contributed by atoms with Crippen LogP contribution in [0.2, 0.25) is 0 Å². The molecule has 9 heteroatoms. The van der Waals surface area contributed by atoms with E-state index in [1.54, 1.807) is 30.9 Å². The fourth-order valence-electron chi connectivity index (χ4n) is 1.61. The third-order valence-corrected chi connectivity index (χ3v) is 5.82. The summed E-state index contributed by atoms with van der Waals surface area (Å²) in [7, 11) is -2.01. The van der Waals surface area contributed by atoms with E-state index in [0.717, 1.165) is 11.3 Å². The van der Waals surface area contributed by atoms with Gasteiger partial charge in [-0.25, -0.2) is 17.9 Å². The average Bonchev–Trinajstić information content (AvgIpc) is 2.93. The zero-order valence-corrected chi connectivity index (χ0v) is 12.5. The van der Waals surface area contributed by atoms with Crippen molar-refractivity contribution in [1.29, 1.82) is 0 Å². The van der Waals surface area contributed by atoms with Gasteiger partial charge >= 0.3 is 5.97 Å². The molecule has 0 saturated carbocycles. The molecule has 7 nitrogen and oxygen atoms in total. The molecule has 0 aliphatic carbocycles. The highest BCUT2D eigenvalue weighted by molar-refractivity contribution is 7.91. The number of carboxylic acid groups (broad SMARTS) is 1. The highest BCUT2D eigenvalue weighted by Crippen LogP contribution is 2.25. The van der Waals surface area contributed by atoms with Crippen LogP contribution in [0.3, 0.4) is 0 Å². The summed E-state index contributed by atoms with van der Waals surface area (Å²) in [6, 6.07) is 3.06. The number of hydrogen-bond donors (Lipinski definition) is 2. The number of rotatable bonds is 5. The van der Waals surface area contributed by atoms with Gasteiger partial charge in [0, 0.05) is 13.2 Å². The van der Waals surface area contributed by atoms with Gasteiger partial charge in [0.1, 0.15) is 9.09 Å². The van der Waals surface area contributed by atoms with E-state index in [-0.39, 0.29) is 15.6 Å². The molecule has 0 unspecified atom stereocenters. The first kappa shape index (κ1) is 14.7. The maximum absolute atomic E-state index is 12.1. The molecule has 0 aliphatic rings. The molecule has 0 fully saturated rings. The Labute approximate surface area is 119 Å². The highest BCUT2D eigenvalue weighted by Gasteiger charge is 2.21. The summed E-state index contributed by atoms with van der Waals surface area (Å²) < 4.78 is 28.2. The van der Waals surface area contributed by atoms with Gasteiger partial charge in [-0.05, 0) is 24.6 Å². The van der Waals surface area contributed by atoms with E-state index in [1.165, 1.54) is 6.07 Å². The lowest BCUT2D eigenvalue weighted by Crippen LogP contribution is -2.23. The van der Waals surface area contributed by atoms with Crippen LogP contribution < -0.4 is 4.72 Å². The molecule has 2 heterocycles. The van der Waals surface area contributed by atoms with Crippen LogP contribution in [-0.4, -0.2) is 29.3 Å². The number of aromatic nitrogens is 2. The van der Waals surface area contributed by atoms with Crippen LogP contribution in [0.5, 0.6) is 0 Å². The molecule has 108 valence electrons. The first-order valence-electron chi connectivity index (χ1n) is 5.61. The van der Waals surface area contributed by atoms with Crippen molar-refractivity contribution in [3.63, 3.8) is 0 Å². The first-order valence-corrected chi connectivity index (χ1v) is 7.91. The normalized spacial score (nSPS) is 11.7. The molecule has 2 aromatic rings. The molecular weight excluding hydrogens is 302 g/mol. The van der Waals surface area contributed by atoms with Gasteiger partial charge in [-0.15, -0.1) is 11.3 Å².